The van der Waals surface area contributed by atoms with Crippen LogP contribution in [-0.4, -0.2) is 86.7 Å². The number of anilines is 1. The summed E-state index contributed by atoms with van der Waals surface area (Å²) in [6.07, 6.45) is 2.07. The number of sulfone groups is 2. The van der Waals surface area contributed by atoms with Gasteiger partial charge in [0.25, 0.3) is 5.91 Å². The highest BCUT2D eigenvalue weighted by Crippen LogP contribution is 2.27. The minimum absolute atomic E-state index is 0.00150. The molecule has 0 aliphatic carbocycles. The van der Waals surface area contributed by atoms with Crippen LogP contribution in [0.4, 0.5) is 10.1 Å². The second-order valence-electron chi connectivity index (χ2n) is 7.94. The Hall–Kier alpha value is -2.70. The minimum Gasteiger partial charge on any atom is -0.490 e. The summed E-state index contributed by atoms with van der Waals surface area (Å²) >= 11 is 0. The number of methoxy groups -OCH3 is 1. The van der Waals surface area contributed by atoms with E-state index in [-0.39, 0.29) is 46.5 Å². The summed E-state index contributed by atoms with van der Waals surface area (Å²) < 4.78 is 72.5. The first-order valence-electron chi connectivity index (χ1n) is 10.4. The van der Waals surface area contributed by atoms with Crippen LogP contribution in [0.1, 0.15) is 10.4 Å². The van der Waals surface area contributed by atoms with Crippen molar-refractivity contribution in [2.75, 3.05) is 63.9 Å². The third-order valence-corrected chi connectivity index (χ3v) is 7.63. The molecule has 12 heteroatoms. The van der Waals surface area contributed by atoms with Crippen LogP contribution in [0, 0.1) is 5.82 Å². The van der Waals surface area contributed by atoms with Crippen LogP contribution in [0.25, 0.3) is 0 Å². The van der Waals surface area contributed by atoms with E-state index in [0.717, 1.165) is 18.6 Å². The molecule has 0 N–H and O–H groups in total. The van der Waals surface area contributed by atoms with Crippen molar-refractivity contribution >= 4 is 31.3 Å². The van der Waals surface area contributed by atoms with Gasteiger partial charge in [-0.2, -0.15) is 0 Å². The van der Waals surface area contributed by atoms with Gasteiger partial charge in [-0.15, -0.1) is 0 Å². The van der Waals surface area contributed by atoms with E-state index in [4.69, 9.17) is 9.47 Å². The molecule has 1 aliphatic heterocycles. The molecule has 1 heterocycles. The first-order valence-corrected chi connectivity index (χ1v) is 14.2. The van der Waals surface area contributed by atoms with Gasteiger partial charge in [-0.1, -0.05) is 0 Å². The predicted octanol–water partition coefficient (Wildman–Crippen LogP) is 1.62. The lowest BCUT2D eigenvalue weighted by Crippen LogP contribution is -2.49. The molecule has 3 rings (SSSR count). The molecule has 9 nitrogen and oxygen atoms in total. The maximum Gasteiger partial charge on any atom is 0.257 e. The highest BCUT2D eigenvalue weighted by Gasteiger charge is 2.27. The average Bonchev–Trinajstić information content (AvgIpc) is 2.78. The smallest absolute Gasteiger partial charge is 0.257 e. The van der Waals surface area contributed by atoms with Crippen molar-refractivity contribution in [1.82, 2.24) is 4.90 Å². The number of benzene rings is 2. The van der Waals surface area contributed by atoms with E-state index in [1.165, 1.54) is 37.4 Å². The first kappa shape index (κ1) is 25.9. The number of piperazine rings is 1. The molecule has 1 fully saturated rings. The van der Waals surface area contributed by atoms with E-state index < -0.39 is 31.4 Å². The molecular weight excluding hydrogens is 487 g/mol. The molecule has 2 aromatic rings. The number of ether oxygens (including phenoxy) is 2. The number of carbonyl (C=O) groups is 1. The maximum absolute atomic E-state index is 14.6. The second kappa shape index (κ2) is 10.3. The van der Waals surface area contributed by atoms with Crippen molar-refractivity contribution in [3.8, 4) is 5.75 Å². The highest BCUT2D eigenvalue weighted by atomic mass is 32.2. The van der Waals surface area contributed by atoms with Gasteiger partial charge >= 0.3 is 0 Å². The lowest BCUT2D eigenvalue weighted by Gasteiger charge is -2.36. The van der Waals surface area contributed by atoms with Crippen LogP contribution < -0.4 is 9.64 Å². The summed E-state index contributed by atoms with van der Waals surface area (Å²) in [7, 11) is -5.55. The van der Waals surface area contributed by atoms with Gasteiger partial charge < -0.3 is 19.3 Å². The van der Waals surface area contributed by atoms with Crippen LogP contribution in [0.3, 0.4) is 0 Å². The summed E-state index contributed by atoms with van der Waals surface area (Å²) in [6, 6.07) is 7.90. The van der Waals surface area contributed by atoms with Gasteiger partial charge in [-0.05, 0) is 36.4 Å². The molecular formula is C22H27FN2O7S2. The predicted molar refractivity (Wildman–Crippen MR) is 125 cm³/mol. The van der Waals surface area contributed by atoms with Crippen LogP contribution in [-0.2, 0) is 24.4 Å². The molecule has 0 aromatic heterocycles. The Bertz CT molecular complexity index is 1270. The number of halogens is 1. The SMILES string of the molecule is COCCOc1ccc(S(C)(=O)=O)cc1C(=O)N1CCN(c2ccc(S(C)(=O)=O)cc2F)CC1. The van der Waals surface area contributed by atoms with Crippen molar-refractivity contribution in [2.45, 2.75) is 9.79 Å². The van der Waals surface area contributed by atoms with E-state index in [2.05, 4.69) is 0 Å². The first-order chi connectivity index (χ1) is 15.9. The molecule has 0 atom stereocenters. The Morgan fingerprint density at radius 2 is 1.50 bits per heavy atom. The van der Waals surface area contributed by atoms with Crippen LogP contribution in [0.15, 0.2) is 46.2 Å². The molecule has 0 saturated carbocycles. The van der Waals surface area contributed by atoms with Gasteiger partial charge in [0.2, 0.25) is 0 Å². The molecule has 1 amide bonds. The van der Waals surface area contributed by atoms with Gasteiger partial charge in [-0.25, -0.2) is 21.2 Å². The Kier molecular flexibility index (Phi) is 7.84. The molecule has 0 unspecified atom stereocenters. The second-order valence-corrected chi connectivity index (χ2v) is 12.0. The Morgan fingerprint density at radius 3 is 2.06 bits per heavy atom. The van der Waals surface area contributed by atoms with Crippen LogP contribution >= 0.6 is 0 Å². The number of amides is 1. The third-order valence-electron chi connectivity index (χ3n) is 5.41. The van der Waals surface area contributed by atoms with E-state index in [9.17, 15) is 26.0 Å². The number of nitrogens with zero attached hydrogens (tertiary/aromatic N) is 2. The lowest BCUT2D eigenvalue weighted by molar-refractivity contribution is 0.0739. The third kappa shape index (κ3) is 6.05. The molecule has 1 saturated heterocycles. The quantitative estimate of drug-likeness (QED) is 0.489. The average molecular weight is 515 g/mol. The van der Waals surface area contributed by atoms with Gasteiger partial charge in [-0.3, -0.25) is 4.79 Å². The number of hydrogen-bond acceptors (Lipinski definition) is 8. The lowest BCUT2D eigenvalue weighted by atomic mass is 10.1. The van der Waals surface area contributed by atoms with E-state index >= 15 is 0 Å². The molecule has 0 spiro atoms. The summed E-state index contributed by atoms with van der Waals surface area (Å²) in [5.41, 5.74) is 0.373. The summed E-state index contributed by atoms with van der Waals surface area (Å²) in [4.78, 5) is 16.4. The van der Waals surface area contributed by atoms with E-state index in [1.54, 1.807) is 9.80 Å². The van der Waals surface area contributed by atoms with Crippen molar-refractivity contribution in [3.05, 3.63) is 47.8 Å². The van der Waals surface area contributed by atoms with Crippen molar-refractivity contribution in [2.24, 2.45) is 0 Å². The van der Waals surface area contributed by atoms with Gasteiger partial charge in [0.15, 0.2) is 19.7 Å². The monoisotopic (exact) mass is 514 g/mol. The van der Waals surface area contributed by atoms with Crippen molar-refractivity contribution in [3.63, 3.8) is 0 Å². The fourth-order valence-electron chi connectivity index (χ4n) is 3.56. The largest absolute Gasteiger partial charge is 0.490 e. The van der Waals surface area contributed by atoms with E-state index in [0.29, 0.717) is 19.7 Å². The molecule has 1 aliphatic rings. The van der Waals surface area contributed by atoms with Crippen molar-refractivity contribution in [1.29, 1.82) is 0 Å². The van der Waals surface area contributed by atoms with Gasteiger partial charge in [0.1, 0.15) is 18.2 Å². The molecule has 2 aromatic carbocycles. The van der Waals surface area contributed by atoms with E-state index in [1.807, 2.05) is 0 Å². The van der Waals surface area contributed by atoms with Gasteiger partial charge in [0.05, 0.1) is 27.6 Å². The Morgan fingerprint density at radius 1 is 0.912 bits per heavy atom. The molecule has 34 heavy (non-hydrogen) atoms. The fourth-order valence-corrected chi connectivity index (χ4v) is 4.84. The Balaban J connectivity index is 1.78. The molecule has 0 bridgehead atoms. The molecule has 0 radical (unpaired) electrons. The van der Waals surface area contributed by atoms with Crippen LogP contribution in [0.2, 0.25) is 0 Å². The van der Waals surface area contributed by atoms with Crippen LogP contribution in [0.5, 0.6) is 5.75 Å². The number of rotatable bonds is 8. The number of carbonyl (C=O) groups excluding carboxylic acids is 1. The summed E-state index contributed by atoms with van der Waals surface area (Å²) in [5, 5.41) is 0. The number of hydrogen-bond donors (Lipinski definition) is 0. The minimum atomic E-state index is -3.54. The zero-order valence-corrected chi connectivity index (χ0v) is 20.8. The zero-order valence-electron chi connectivity index (χ0n) is 19.2. The fraction of sp³-hybridized carbons (Fsp3) is 0.409. The summed E-state index contributed by atoms with van der Waals surface area (Å²) in [5.74, 6) is -0.804. The summed E-state index contributed by atoms with van der Waals surface area (Å²) in [6.45, 7) is 1.62. The highest BCUT2D eigenvalue weighted by molar-refractivity contribution is 7.91. The zero-order chi connectivity index (χ0) is 25.1. The van der Waals surface area contributed by atoms with Gasteiger partial charge in [0, 0.05) is 45.8 Å². The normalized spacial score (nSPS) is 14.8. The topological polar surface area (TPSA) is 110 Å². The Labute approximate surface area is 198 Å². The maximum atomic E-state index is 14.6. The van der Waals surface area contributed by atoms with Crippen molar-refractivity contribution < 1.29 is 35.5 Å². The standard InChI is InChI=1S/C22H27FN2O7S2/c1-31-12-13-32-21-7-5-16(33(2,27)28)14-18(21)22(26)25-10-8-24(9-11-25)20-6-4-17(15-19(20)23)34(3,29)30/h4-7,14-15H,8-13H2,1-3H3. The molecule has 186 valence electrons.